The van der Waals surface area contributed by atoms with Gasteiger partial charge in [-0.15, -0.1) is 16.4 Å². The van der Waals surface area contributed by atoms with E-state index in [0.717, 1.165) is 36.7 Å². The van der Waals surface area contributed by atoms with Gasteiger partial charge < -0.3 is 9.64 Å². The van der Waals surface area contributed by atoms with Crippen LogP contribution in [-0.4, -0.2) is 44.0 Å². The van der Waals surface area contributed by atoms with Crippen LogP contribution in [0.3, 0.4) is 0 Å². The zero-order valence-corrected chi connectivity index (χ0v) is 16.7. The summed E-state index contributed by atoms with van der Waals surface area (Å²) in [5, 5.41) is 9.73. The third kappa shape index (κ3) is 4.85. The zero-order chi connectivity index (χ0) is 19.9. The topological polar surface area (TPSA) is 54.3 Å². The fourth-order valence-electron chi connectivity index (χ4n) is 3.07. The van der Waals surface area contributed by atoms with Gasteiger partial charge in [0.25, 0.3) is 0 Å². The number of anilines is 1. The van der Waals surface area contributed by atoms with Crippen LogP contribution >= 0.6 is 11.3 Å². The first kappa shape index (κ1) is 19.2. The molecule has 1 aromatic heterocycles. The van der Waals surface area contributed by atoms with Crippen LogP contribution < -0.4 is 4.90 Å². The standard InChI is InChI=1S/C23H21N3O2S/c27-23(19-9-5-2-6-10-19)22(18-7-3-1-4-8-18)25-24-17-20-11-12-21(29-20)26-13-15-28-16-14-26/h1-12,17H,13-16H2/b24-17+,25-22+. The van der Waals surface area contributed by atoms with Gasteiger partial charge in [-0.3, -0.25) is 4.79 Å². The lowest BCUT2D eigenvalue weighted by atomic mass is 10.0. The summed E-state index contributed by atoms with van der Waals surface area (Å²) in [7, 11) is 0. The lowest BCUT2D eigenvalue weighted by Gasteiger charge is -2.27. The van der Waals surface area contributed by atoms with Gasteiger partial charge >= 0.3 is 0 Å². The number of Topliss-reactive ketones (excluding diaryl/α,β-unsaturated/α-hetero) is 1. The molecule has 0 bridgehead atoms. The molecule has 1 fully saturated rings. The SMILES string of the molecule is O=C(/C(=N/N=C/c1ccc(N2CCOCC2)s1)c1ccccc1)c1ccccc1. The largest absolute Gasteiger partial charge is 0.378 e. The van der Waals surface area contributed by atoms with Crippen molar-refractivity contribution in [3.63, 3.8) is 0 Å². The summed E-state index contributed by atoms with van der Waals surface area (Å²) >= 11 is 1.66. The fourth-order valence-corrected chi connectivity index (χ4v) is 3.99. The molecule has 0 unspecified atom stereocenters. The number of rotatable bonds is 6. The Morgan fingerprint density at radius 3 is 2.24 bits per heavy atom. The second-order valence-electron chi connectivity index (χ2n) is 6.53. The molecular formula is C23H21N3O2S. The Hall–Kier alpha value is -3.09. The van der Waals surface area contributed by atoms with Crippen LogP contribution in [0.25, 0.3) is 0 Å². The van der Waals surface area contributed by atoms with E-state index in [1.165, 1.54) is 5.00 Å². The molecule has 3 aromatic rings. The minimum absolute atomic E-state index is 0.144. The van der Waals surface area contributed by atoms with E-state index in [4.69, 9.17) is 4.74 Å². The summed E-state index contributed by atoms with van der Waals surface area (Å²) in [6, 6.07) is 22.7. The maximum Gasteiger partial charge on any atom is 0.213 e. The number of benzene rings is 2. The molecule has 4 rings (SSSR count). The molecule has 1 aliphatic rings. The van der Waals surface area contributed by atoms with Crippen molar-refractivity contribution in [1.82, 2.24) is 0 Å². The summed E-state index contributed by atoms with van der Waals surface area (Å²) in [5.41, 5.74) is 1.67. The van der Waals surface area contributed by atoms with Crippen LogP contribution in [0.4, 0.5) is 5.00 Å². The molecule has 1 aliphatic heterocycles. The number of hydrogen-bond acceptors (Lipinski definition) is 6. The van der Waals surface area contributed by atoms with E-state index in [0.29, 0.717) is 11.3 Å². The monoisotopic (exact) mass is 403 g/mol. The Kier molecular flexibility index (Phi) is 6.24. The smallest absolute Gasteiger partial charge is 0.213 e. The van der Waals surface area contributed by atoms with Crippen molar-refractivity contribution in [1.29, 1.82) is 0 Å². The second-order valence-corrected chi connectivity index (χ2v) is 7.62. The van der Waals surface area contributed by atoms with Gasteiger partial charge in [0.15, 0.2) is 0 Å². The van der Waals surface area contributed by atoms with Crippen LogP contribution in [0, 0.1) is 0 Å². The van der Waals surface area contributed by atoms with Gasteiger partial charge in [0.05, 0.1) is 24.4 Å². The van der Waals surface area contributed by atoms with E-state index in [2.05, 4.69) is 21.2 Å². The quantitative estimate of drug-likeness (QED) is 0.350. The molecule has 6 heteroatoms. The minimum atomic E-state index is -0.144. The summed E-state index contributed by atoms with van der Waals surface area (Å²) in [6.45, 7) is 3.32. The van der Waals surface area contributed by atoms with Gasteiger partial charge in [-0.25, -0.2) is 0 Å². The molecule has 0 spiro atoms. The molecular weight excluding hydrogens is 382 g/mol. The molecule has 146 valence electrons. The molecule has 0 N–H and O–H groups in total. The van der Waals surface area contributed by atoms with E-state index >= 15 is 0 Å². The number of nitrogens with zero attached hydrogens (tertiary/aromatic N) is 3. The number of carbonyl (C=O) groups is 1. The van der Waals surface area contributed by atoms with Crippen LogP contribution in [0.15, 0.2) is 83.0 Å². The molecule has 0 saturated carbocycles. The molecule has 0 amide bonds. The first-order valence-electron chi connectivity index (χ1n) is 9.50. The maximum absolute atomic E-state index is 13.0. The predicted molar refractivity (Wildman–Crippen MR) is 119 cm³/mol. The molecule has 0 radical (unpaired) electrons. The van der Waals surface area contributed by atoms with Crippen molar-refractivity contribution >= 4 is 34.0 Å². The van der Waals surface area contributed by atoms with Gasteiger partial charge in [0.1, 0.15) is 5.71 Å². The number of hydrogen-bond donors (Lipinski definition) is 0. The Labute approximate surface area is 174 Å². The van der Waals surface area contributed by atoms with Gasteiger partial charge in [0, 0.05) is 29.1 Å². The van der Waals surface area contributed by atoms with Crippen molar-refractivity contribution in [2.45, 2.75) is 0 Å². The average Bonchev–Trinajstić information content (AvgIpc) is 3.27. The molecule has 29 heavy (non-hydrogen) atoms. The van der Waals surface area contributed by atoms with Crippen molar-refractivity contribution < 1.29 is 9.53 Å². The number of thiophene rings is 1. The molecule has 2 aromatic carbocycles. The van der Waals surface area contributed by atoms with Crippen molar-refractivity contribution in [3.05, 3.63) is 88.8 Å². The van der Waals surface area contributed by atoms with Crippen molar-refractivity contribution in [3.8, 4) is 0 Å². The lowest BCUT2D eigenvalue weighted by molar-refractivity contribution is 0.106. The van der Waals surface area contributed by atoms with Crippen molar-refractivity contribution in [2.24, 2.45) is 10.2 Å². The first-order valence-corrected chi connectivity index (χ1v) is 10.3. The highest BCUT2D eigenvalue weighted by Gasteiger charge is 2.16. The van der Waals surface area contributed by atoms with Gasteiger partial charge in [-0.05, 0) is 12.1 Å². The lowest BCUT2D eigenvalue weighted by Crippen LogP contribution is -2.35. The molecule has 2 heterocycles. The van der Waals surface area contributed by atoms with Crippen molar-refractivity contribution in [2.75, 3.05) is 31.2 Å². The number of morpholine rings is 1. The van der Waals surface area contributed by atoms with Crippen LogP contribution in [-0.2, 0) is 4.74 Å². The third-order valence-electron chi connectivity index (χ3n) is 4.58. The van der Waals surface area contributed by atoms with Crippen LogP contribution in [0.5, 0.6) is 0 Å². The summed E-state index contributed by atoms with van der Waals surface area (Å²) in [6.07, 6.45) is 1.70. The van der Waals surface area contributed by atoms with E-state index in [1.54, 1.807) is 29.7 Å². The second kappa shape index (κ2) is 9.41. The Morgan fingerprint density at radius 1 is 0.897 bits per heavy atom. The van der Waals surface area contributed by atoms with E-state index in [1.807, 2.05) is 54.6 Å². The van der Waals surface area contributed by atoms with E-state index < -0.39 is 0 Å². The van der Waals surface area contributed by atoms with E-state index in [9.17, 15) is 4.79 Å². The summed E-state index contributed by atoms with van der Waals surface area (Å²) in [4.78, 5) is 16.3. The minimum Gasteiger partial charge on any atom is -0.378 e. The maximum atomic E-state index is 13.0. The van der Waals surface area contributed by atoms with Gasteiger partial charge in [0.2, 0.25) is 5.78 Å². The highest BCUT2D eigenvalue weighted by Crippen LogP contribution is 2.25. The average molecular weight is 404 g/mol. The Balaban J connectivity index is 1.56. The number of ether oxygens (including phenoxy) is 1. The van der Waals surface area contributed by atoms with Gasteiger partial charge in [-0.1, -0.05) is 60.7 Å². The molecule has 5 nitrogen and oxygen atoms in total. The van der Waals surface area contributed by atoms with E-state index in [-0.39, 0.29) is 5.78 Å². The highest BCUT2D eigenvalue weighted by molar-refractivity contribution is 7.17. The summed E-state index contributed by atoms with van der Waals surface area (Å²) in [5.74, 6) is -0.144. The number of carbonyl (C=O) groups excluding carboxylic acids is 1. The summed E-state index contributed by atoms with van der Waals surface area (Å²) < 4.78 is 5.41. The van der Waals surface area contributed by atoms with Gasteiger partial charge in [-0.2, -0.15) is 5.10 Å². The molecule has 1 saturated heterocycles. The van der Waals surface area contributed by atoms with Crippen LogP contribution in [0.2, 0.25) is 0 Å². The number of ketones is 1. The molecule has 0 aliphatic carbocycles. The zero-order valence-electron chi connectivity index (χ0n) is 15.9. The normalized spacial score (nSPS) is 15.0. The van der Waals surface area contributed by atoms with Crippen LogP contribution in [0.1, 0.15) is 20.8 Å². The molecule has 0 atom stereocenters. The third-order valence-corrected chi connectivity index (χ3v) is 5.66. The highest BCUT2D eigenvalue weighted by atomic mass is 32.1. The fraction of sp³-hybridized carbons (Fsp3) is 0.174. The first-order chi connectivity index (χ1) is 14.3. The Bertz CT molecular complexity index is 1010. The predicted octanol–water partition coefficient (Wildman–Crippen LogP) is 4.29. The Morgan fingerprint density at radius 2 is 1.55 bits per heavy atom.